The molecule has 0 aromatic rings. The van der Waals surface area contributed by atoms with Crippen molar-refractivity contribution in [3.05, 3.63) is 12.7 Å². The van der Waals surface area contributed by atoms with Crippen LogP contribution in [-0.2, 0) is 4.79 Å². The fourth-order valence-corrected chi connectivity index (χ4v) is 4.62. The zero-order chi connectivity index (χ0) is 21.6. The van der Waals surface area contributed by atoms with E-state index < -0.39 is 0 Å². The minimum absolute atomic E-state index is 0.00739. The maximum atomic E-state index is 11.6. The summed E-state index contributed by atoms with van der Waals surface area (Å²) in [5.74, 6) is -0.0224. The van der Waals surface area contributed by atoms with E-state index in [-0.39, 0.29) is 11.4 Å². The molecule has 1 amide bonds. The van der Waals surface area contributed by atoms with Crippen LogP contribution >= 0.6 is 0 Å². The van der Waals surface area contributed by atoms with Gasteiger partial charge in [-0.15, -0.1) is 0 Å². The third kappa shape index (κ3) is 19.9. The molecule has 2 nitrogen and oxygen atoms in total. The fourth-order valence-electron chi connectivity index (χ4n) is 4.09. The molecule has 0 spiro atoms. The van der Waals surface area contributed by atoms with Gasteiger partial charge in [0.25, 0.3) is 0 Å². The first kappa shape index (κ1) is 29.2. The van der Waals surface area contributed by atoms with E-state index in [1.807, 2.05) is 0 Å². The Hall–Kier alpha value is 0.210. The Morgan fingerprint density at radius 2 is 1.10 bits per heavy atom. The van der Waals surface area contributed by atoms with Gasteiger partial charge in [0.05, 0.1) is 0 Å². The summed E-state index contributed by atoms with van der Waals surface area (Å²) in [5.41, 5.74) is -0.00739. The number of amides is 1. The second-order valence-corrected chi connectivity index (χ2v) is 10.1. The van der Waals surface area contributed by atoms with Crippen molar-refractivity contribution in [3.63, 3.8) is 0 Å². The Kier molecular flexibility index (Phi) is 21.6. The predicted octanol–water partition coefficient (Wildman–Crippen LogP) is 8.07. The molecule has 1 atom stereocenters. The molecule has 0 bridgehead atoms. The smallest absolute Gasteiger partial charge is 0.0654 e. The minimum Gasteiger partial charge on any atom is -0.0654 e. The Bertz CT molecular complexity index is 385. The van der Waals surface area contributed by atoms with Crippen molar-refractivity contribution in [1.82, 2.24) is 5.32 Å². The maximum absolute atomic E-state index is 11.6. The number of hydrogen-bond acceptors (Lipinski definition) is 1. The molecule has 0 aliphatic heterocycles. The number of unbranched alkanes of at least 4 members (excludes halogenated alkanes) is 17. The van der Waals surface area contributed by atoms with Gasteiger partial charge in [0.15, 0.2) is 0 Å². The van der Waals surface area contributed by atoms with E-state index in [9.17, 15) is 4.79 Å². The Labute approximate surface area is 200 Å². The molecule has 29 heavy (non-hydrogen) atoms. The van der Waals surface area contributed by atoms with Gasteiger partial charge in [-0.05, 0) is 0 Å². The molecule has 0 aliphatic rings. The second kappa shape index (κ2) is 21.4. The molecule has 0 saturated carbocycles. The van der Waals surface area contributed by atoms with Crippen LogP contribution < -0.4 is 5.32 Å². The van der Waals surface area contributed by atoms with Crippen LogP contribution in [0.2, 0.25) is 3.67 Å². The van der Waals surface area contributed by atoms with E-state index in [2.05, 4.69) is 25.7 Å². The number of hydrogen-bond donors (Lipinski definition) is 1. The van der Waals surface area contributed by atoms with Crippen LogP contribution in [0.5, 0.6) is 0 Å². The Balaban J connectivity index is 3.31. The normalized spacial score (nSPS) is 13.2. The zero-order valence-corrected chi connectivity index (χ0v) is 22.3. The van der Waals surface area contributed by atoms with E-state index in [1.165, 1.54) is 122 Å². The monoisotopic (exact) mass is 415 g/mol. The summed E-state index contributed by atoms with van der Waals surface area (Å²) >= 11 is 1.13. The molecule has 0 aromatic heterocycles. The van der Waals surface area contributed by atoms with Gasteiger partial charge in [0, 0.05) is 0 Å². The molecule has 0 rings (SSSR count). The molecule has 0 heterocycles. The summed E-state index contributed by atoms with van der Waals surface area (Å²) in [4.78, 5) is 11.6. The summed E-state index contributed by atoms with van der Waals surface area (Å²) in [6.07, 6.45) is 27.9. The quantitative estimate of drug-likeness (QED) is 0.108. The summed E-state index contributed by atoms with van der Waals surface area (Å²) in [5, 5.41) is 3.13. The standard InChI is InChI=1S/C26H50NO.Na/c1-5-7-8-9-10-11-12-13-14-15-16-17-18-19-20-21-22-23-24-26(3,4)27-25(28)6-2;/h6H,2-3,5,7-24H2,1,4H3,(H,27,28);. The third-order valence-corrected chi connectivity index (χ3v) is 8.03. The Morgan fingerprint density at radius 1 is 0.759 bits per heavy atom. The first-order chi connectivity index (χ1) is 14.1. The van der Waals surface area contributed by atoms with Crippen LogP contribution in [0.4, 0.5) is 0 Å². The van der Waals surface area contributed by atoms with E-state index in [0.717, 1.165) is 38.0 Å². The first-order valence-electron chi connectivity index (χ1n) is 13.0. The molecule has 3 heteroatoms. The average molecular weight is 416 g/mol. The van der Waals surface area contributed by atoms with Gasteiger partial charge in [-0.1, -0.05) is 64.7 Å². The van der Waals surface area contributed by atoms with Gasteiger partial charge >= 0.3 is 137 Å². The molecule has 0 radical (unpaired) electrons. The number of carbonyl (C=O) groups excluding carboxylic acids is 1. The van der Waals surface area contributed by atoms with Gasteiger partial charge in [0.2, 0.25) is 0 Å². The number of nitrogens with one attached hydrogen (secondary N) is 1. The van der Waals surface area contributed by atoms with Crippen LogP contribution in [0.1, 0.15) is 136 Å². The molecule has 0 aromatic carbocycles. The van der Waals surface area contributed by atoms with Gasteiger partial charge in [-0.3, -0.25) is 0 Å². The molecule has 166 valence electrons. The first-order valence-corrected chi connectivity index (χ1v) is 14.4. The molecular formula is C26H50NNaO. The van der Waals surface area contributed by atoms with Crippen LogP contribution in [0.25, 0.3) is 0 Å². The van der Waals surface area contributed by atoms with E-state index in [0.29, 0.717) is 0 Å². The molecule has 0 saturated heterocycles. The molecule has 1 unspecified atom stereocenters. The number of rotatable bonds is 22. The van der Waals surface area contributed by atoms with E-state index >= 15 is 0 Å². The summed E-state index contributed by atoms with van der Waals surface area (Å²) in [7, 11) is 0. The topological polar surface area (TPSA) is 29.1 Å². The Morgan fingerprint density at radius 3 is 1.41 bits per heavy atom. The van der Waals surface area contributed by atoms with Gasteiger partial charge in [0.1, 0.15) is 0 Å². The van der Waals surface area contributed by atoms with Crippen molar-refractivity contribution >= 4 is 33.8 Å². The summed E-state index contributed by atoms with van der Waals surface area (Å²) in [6, 6.07) is 0. The fraction of sp³-hybridized carbons (Fsp3) is 0.885. The van der Waals surface area contributed by atoms with Gasteiger partial charge in [-0.2, -0.15) is 0 Å². The van der Waals surface area contributed by atoms with Crippen molar-refractivity contribution in [2.45, 2.75) is 145 Å². The van der Waals surface area contributed by atoms with E-state index in [1.54, 1.807) is 0 Å². The minimum atomic E-state index is -0.0224. The van der Waals surface area contributed by atoms with Crippen LogP contribution in [0.15, 0.2) is 12.7 Å². The molecule has 0 aliphatic carbocycles. The second-order valence-electron chi connectivity index (χ2n) is 9.37. The summed E-state index contributed by atoms with van der Waals surface area (Å²) in [6.45, 7) is 8.04. The van der Waals surface area contributed by atoms with Crippen LogP contribution in [0.3, 0.4) is 0 Å². The van der Waals surface area contributed by atoms with Crippen LogP contribution in [0, 0.1) is 0 Å². The molecule has 1 N–H and O–H groups in total. The predicted molar refractivity (Wildman–Crippen MR) is 131 cm³/mol. The van der Waals surface area contributed by atoms with Gasteiger partial charge in [-0.25, -0.2) is 0 Å². The van der Waals surface area contributed by atoms with Crippen molar-refractivity contribution in [2.24, 2.45) is 0 Å². The third-order valence-electron chi connectivity index (χ3n) is 6.47. The average Bonchev–Trinajstić information content (AvgIpc) is 2.72. The molecular weight excluding hydrogens is 365 g/mol. The van der Waals surface area contributed by atoms with E-state index in [4.69, 9.17) is 0 Å². The van der Waals surface area contributed by atoms with Crippen LogP contribution in [-0.4, -0.2) is 39.4 Å². The SMILES string of the molecule is C=CC(=O)NC(C)([CH2][Na])CCCCCCCCCCCCCCCCCCCC. The number of carbonyl (C=O) groups is 1. The van der Waals surface area contributed by atoms with Crippen molar-refractivity contribution in [1.29, 1.82) is 0 Å². The van der Waals surface area contributed by atoms with Gasteiger partial charge < -0.3 is 0 Å². The zero-order valence-electron chi connectivity index (χ0n) is 20.3. The summed E-state index contributed by atoms with van der Waals surface area (Å²) < 4.78 is 1.12. The van der Waals surface area contributed by atoms with Crippen molar-refractivity contribution < 1.29 is 4.79 Å². The molecule has 0 fully saturated rings. The van der Waals surface area contributed by atoms with Crippen molar-refractivity contribution in [2.75, 3.05) is 0 Å². The van der Waals surface area contributed by atoms with Crippen molar-refractivity contribution in [3.8, 4) is 0 Å².